The van der Waals surface area contributed by atoms with Gasteiger partial charge < -0.3 is 25.0 Å². The molecule has 0 spiro atoms. The molecule has 0 aliphatic rings. The molecule has 4 rings (SSSR count). The summed E-state index contributed by atoms with van der Waals surface area (Å²) in [5, 5.41) is 14.4. The van der Waals surface area contributed by atoms with Crippen LogP contribution in [-0.2, 0) is 12.7 Å². The molecule has 0 atom stereocenters. The molecule has 2 heterocycles. The maximum Gasteiger partial charge on any atom is 0.416 e. The molecule has 1 amide bonds. The topological polar surface area (TPSA) is 101 Å². The first-order chi connectivity index (χ1) is 16.2. The highest BCUT2D eigenvalue weighted by molar-refractivity contribution is 6.32. The highest BCUT2D eigenvalue weighted by atomic mass is 35.5. The van der Waals surface area contributed by atoms with E-state index in [1.165, 1.54) is 24.5 Å². The third-order valence-electron chi connectivity index (χ3n) is 4.76. The van der Waals surface area contributed by atoms with Crippen molar-refractivity contribution in [1.82, 2.24) is 19.9 Å². The molecule has 0 unspecified atom stereocenters. The van der Waals surface area contributed by atoms with Crippen LogP contribution in [-0.4, -0.2) is 32.3 Å². The first-order valence-electron chi connectivity index (χ1n) is 9.89. The lowest BCUT2D eigenvalue weighted by Gasteiger charge is -2.13. The molecule has 3 N–H and O–H groups in total. The highest BCUT2D eigenvalue weighted by Gasteiger charge is 2.30. The van der Waals surface area contributed by atoms with E-state index < -0.39 is 17.8 Å². The molecule has 34 heavy (non-hydrogen) atoms. The van der Waals surface area contributed by atoms with Gasteiger partial charge in [0.15, 0.2) is 5.82 Å². The van der Waals surface area contributed by atoms with Crippen LogP contribution < -0.4 is 15.4 Å². The van der Waals surface area contributed by atoms with E-state index in [4.69, 9.17) is 21.4 Å². The molecule has 2 aromatic heterocycles. The van der Waals surface area contributed by atoms with Gasteiger partial charge in [0.1, 0.15) is 23.3 Å². The summed E-state index contributed by atoms with van der Waals surface area (Å²) in [5.74, 6) is 0.651. The summed E-state index contributed by atoms with van der Waals surface area (Å²) in [7, 11) is 0. The Bertz CT molecular complexity index is 1340. The molecule has 0 saturated heterocycles. The van der Waals surface area contributed by atoms with Crippen LogP contribution >= 0.6 is 11.6 Å². The molecule has 0 aliphatic carbocycles. The summed E-state index contributed by atoms with van der Waals surface area (Å²) < 4.78 is 46.2. The van der Waals surface area contributed by atoms with E-state index in [-0.39, 0.29) is 23.1 Å². The number of carbonyl (C=O) groups is 1. The number of ether oxygens (including phenoxy) is 1. The maximum absolute atomic E-state index is 12.9. The Morgan fingerprint density at radius 1 is 1.15 bits per heavy atom. The Balaban J connectivity index is 1.54. The van der Waals surface area contributed by atoms with E-state index in [0.717, 1.165) is 12.1 Å². The first kappa shape index (κ1) is 23.2. The second kappa shape index (κ2) is 9.48. The maximum atomic E-state index is 12.9. The van der Waals surface area contributed by atoms with Gasteiger partial charge in [0.25, 0.3) is 0 Å². The van der Waals surface area contributed by atoms with E-state index in [2.05, 4.69) is 20.6 Å². The van der Waals surface area contributed by atoms with Crippen molar-refractivity contribution in [3.63, 3.8) is 0 Å². The smallest absolute Gasteiger partial charge is 0.416 e. The Kier molecular flexibility index (Phi) is 6.46. The molecule has 2 aromatic carbocycles. The summed E-state index contributed by atoms with van der Waals surface area (Å²) in [6.07, 6.45) is -2.45. The number of nitrogens with zero attached hydrogens (tertiary/aromatic N) is 3. The second-order valence-corrected chi connectivity index (χ2v) is 7.50. The summed E-state index contributed by atoms with van der Waals surface area (Å²) in [6, 6.07) is 11.0. The highest BCUT2D eigenvalue weighted by Crippen LogP contribution is 2.36. The number of carboxylic acid groups (broad SMARTS) is 1. The number of hydrogen-bond acceptors (Lipinski definition) is 5. The van der Waals surface area contributed by atoms with Crippen molar-refractivity contribution in [3.05, 3.63) is 71.6 Å². The Morgan fingerprint density at radius 3 is 2.71 bits per heavy atom. The minimum atomic E-state index is -4.48. The monoisotopic (exact) mass is 491 g/mol. The minimum Gasteiger partial charge on any atom is -0.465 e. The predicted molar refractivity (Wildman–Crippen MR) is 120 cm³/mol. The van der Waals surface area contributed by atoms with Crippen molar-refractivity contribution in [2.45, 2.75) is 12.7 Å². The lowest BCUT2D eigenvalue weighted by atomic mass is 10.2. The quantitative estimate of drug-likeness (QED) is 0.297. The number of amides is 1. The number of rotatable bonds is 7. The zero-order chi connectivity index (χ0) is 24.3. The molecule has 12 heteroatoms. The van der Waals surface area contributed by atoms with Gasteiger partial charge in [-0.25, -0.2) is 14.8 Å². The van der Waals surface area contributed by atoms with Crippen molar-refractivity contribution in [3.8, 4) is 11.5 Å². The van der Waals surface area contributed by atoms with Crippen LogP contribution in [0, 0.1) is 0 Å². The van der Waals surface area contributed by atoms with Gasteiger partial charge in [0.2, 0.25) is 0 Å². The van der Waals surface area contributed by atoms with Crippen LogP contribution in [0.1, 0.15) is 5.56 Å². The molecule has 8 nitrogen and oxygen atoms in total. The fourth-order valence-electron chi connectivity index (χ4n) is 3.25. The Labute approximate surface area is 196 Å². The number of aromatic nitrogens is 3. The van der Waals surface area contributed by atoms with Gasteiger partial charge in [-0.2, -0.15) is 13.2 Å². The van der Waals surface area contributed by atoms with Gasteiger partial charge in [-0.1, -0.05) is 17.7 Å². The van der Waals surface area contributed by atoms with Gasteiger partial charge in [0, 0.05) is 25.0 Å². The summed E-state index contributed by atoms with van der Waals surface area (Å²) in [5.41, 5.74) is 1.05. The zero-order valence-corrected chi connectivity index (χ0v) is 18.1. The van der Waals surface area contributed by atoms with Crippen molar-refractivity contribution in [2.24, 2.45) is 0 Å². The Morgan fingerprint density at radius 2 is 1.97 bits per heavy atom. The number of hydrogen-bond donors (Lipinski definition) is 3. The van der Waals surface area contributed by atoms with Crippen LogP contribution in [0.5, 0.6) is 11.5 Å². The number of alkyl halides is 3. The van der Waals surface area contributed by atoms with Crippen LogP contribution in [0.15, 0.2) is 61.1 Å². The zero-order valence-electron chi connectivity index (χ0n) is 17.3. The van der Waals surface area contributed by atoms with E-state index in [1.54, 1.807) is 29.0 Å². The molecule has 0 fully saturated rings. The minimum absolute atomic E-state index is 0.00254. The Hall–Kier alpha value is -3.99. The lowest BCUT2D eigenvalue weighted by Crippen LogP contribution is -2.25. The van der Waals surface area contributed by atoms with Crippen LogP contribution in [0.3, 0.4) is 0 Å². The normalized spacial score (nSPS) is 11.4. The number of nitrogens with one attached hydrogen (secondary N) is 2. The van der Waals surface area contributed by atoms with Crippen LogP contribution in [0.2, 0.25) is 5.02 Å². The number of benzene rings is 2. The molecular formula is C22H17ClF3N5O3. The average Bonchev–Trinajstić information content (AvgIpc) is 3.19. The summed E-state index contributed by atoms with van der Waals surface area (Å²) in [4.78, 5) is 19.2. The van der Waals surface area contributed by atoms with Gasteiger partial charge in [-0.05, 0) is 42.5 Å². The average molecular weight is 492 g/mol. The molecule has 0 saturated carbocycles. The van der Waals surface area contributed by atoms with E-state index in [0.29, 0.717) is 29.1 Å². The second-order valence-electron chi connectivity index (χ2n) is 7.10. The molecule has 4 aromatic rings. The molecule has 0 bridgehead atoms. The van der Waals surface area contributed by atoms with Gasteiger partial charge >= 0.3 is 12.3 Å². The van der Waals surface area contributed by atoms with Gasteiger partial charge in [-0.3, -0.25) is 0 Å². The van der Waals surface area contributed by atoms with E-state index in [1.807, 2.05) is 0 Å². The van der Waals surface area contributed by atoms with Crippen LogP contribution in [0.25, 0.3) is 11.0 Å². The van der Waals surface area contributed by atoms with Crippen molar-refractivity contribution >= 4 is 40.2 Å². The van der Waals surface area contributed by atoms with Gasteiger partial charge in [-0.15, -0.1) is 0 Å². The molecule has 0 aliphatic heterocycles. The molecular weight excluding hydrogens is 475 g/mol. The standard InChI is InChI=1S/C22H17ClF3N5O3/c23-16-11-14(4-5-18(16)34-15-3-1-2-13(10-15)22(24,25)26)30-20-19-17(28-12-29-20)6-8-31(19)9-7-27-21(32)33/h1-6,8,10-12,27H,7,9H2,(H,32,33)(H,28,29,30). The SMILES string of the molecule is O=C(O)NCCn1ccc2ncnc(Nc3ccc(Oc4cccc(C(F)(F)F)c4)c(Cl)c3)c21. The van der Waals surface area contributed by atoms with Crippen molar-refractivity contribution in [2.75, 3.05) is 11.9 Å². The molecule has 0 radical (unpaired) electrons. The first-order valence-corrected chi connectivity index (χ1v) is 10.3. The van der Waals surface area contributed by atoms with Crippen molar-refractivity contribution < 1.29 is 27.8 Å². The van der Waals surface area contributed by atoms with E-state index in [9.17, 15) is 18.0 Å². The number of anilines is 2. The third-order valence-corrected chi connectivity index (χ3v) is 5.06. The fraction of sp³-hybridized carbons (Fsp3) is 0.136. The number of halogens is 4. The third kappa shape index (κ3) is 5.31. The van der Waals surface area contributed by atoms with Gasteiger partial charge in [0.05, 0.1) is 16.1 Å². The van der Waals surface area contributed by atoms with E-state index >= 15 is 0 Å². The van der Waals surface area contributed by atoms with Crippen molar-refractivity contribution in [1.29, 1.82) is 0 Å². The predicted octanol–water partition coefficient (Wildman–Crippen LogP) is 5.91. The summed E-state index contributed by atoms with van der Waals surface area (Å²) in [6.45, 7) is 0.559. The largest absolute Gasteiger partial charge is 0.465 e. The molecule has 176 valence electrons. The summed E-state index contributed by atoms with van der Waals surface area (Å²) >= 11 is 6.31. The number of fused-ring (bicyclic) bond motifs is 1. The lowest BCUT2D eigenvalue weighted by molar-refractivity contribution is -0.137. The fourth-order valence-corrected chi connectivity index (χ4v) is 3.47. The van der Waals surface area contributed by atoms with Crippen LogP contribution in [0.4, 0.5) is 29.5 Å².